The summed E-state index contributed by atoms with van der Waals surface area (Å²) in [4.78, 5) is 29.6. The number of rotatable bonds is 6. The Balaban J connectivity index is 1.24. The summed E-state index contributed by atoms with van der Waals surface area (Å²) in [7, 11) is 0. The molecule has 1 atom stereocenters. The highest BCUT2D eigenvalue weighted by atomic mass is 32.1. The van der Waals surface area contributed by atoms with Crippen LogP contribution in [0.25, 0.3) is 15.8 Å². The van der Waals surface area contributed by atoms with Crippen LogP contribution in [0.4, 0.5) is 20.5 Å². The van der Waals surface area contributed by atoms with Crippen molar-refractivity contribution in [1.29, 1.82) is 0 Å². The second-order valence-electron chi connectivity index (χ2n) is 7.32. The van der Waals surface area contributed by atoms with Crippen LogP contribution in [0.5, 0.6) is 5.75 Å². The van der Waals surface area contributed by atoms with Crippen molar-refractivity contribution in [2.24, 2.45) is 4.99 Å². The SMILES string of the molecule is O=c1c2sccc2cnn1-c1ccc(N=C2CC[C@H](Nc3ncc(OC(F)F)cn3)C2)nc1. The first-order valence-electron chi connectivity index (χ1n) is 10.1. The lowest BCUT2D eigenvalue weighted by Gasteiger charge is -2.11. The van der Waals surface area contributed by atoms with E-state index < -0.39 is 6.61 Å². The van der Waals surface area contributed by atoms with Crippen LogP contribution in [0, 0.1) is 0 Å². The molecular formula is C21H17F2N7O2S. The summed E-state index contributed by atoms with van der Waals surface area (Å²) in [5.74, 6) is 0.793. The molecule has 168 valence electrons. The Bertz CT molecular complexity index is 1350. The summed E-state index contributed by atoms with van der Waals surface area (Å²) in [6.45, 7) is -2.91. The Morgan fingerprint density at radius 2 is 2.00 bits per heavy atom. The minimum atomic E-state index is -2.91. The van der Waals surface area contributed by atoms with Gasteiger partial charge in [0, 0.05) is 23.6 Å². The zero-order chi connectivity index (χ0) is 22.8. The van der Waals surface area contributed by atoms with Crippen LogP contribution in [-0.2, 0) is 0 Å². The average Bonchev–Trinajstić information content (AvgIpc) is 3.46. The summed E-state index contributed by atoms with van der Waals surface area (Å²) in [5, 5.41) is 10.1. The van der Waals surface area contributed by atoms with Gasteiger partial charge in [0.25, 0.3) is 5.56 Å². The molecular weight excluding hydrogens is 452 g/mol. The molecule has 9 nitrogen and oxygen atoms in total. The third kappa shape index (κ3) is 4.70. The fraction of sp³-hybridized carbons (Fsp3) is 0.238. The third-order valence-corrected chi connectivity index (χ3v) is 6.01. The molecule has 0 saturated heterocycles. The Labute approximate surface area is 189 Å². The molecule has 0 amide bonds. The van der Waals surface area contributed by atoms with E-state index in [9.17, 15) is 13.6 Å². The van der Waals surface area contributed by atoms with E-state index in [1.807, 2.05) is 11.4 Å². The molecule has 0 radical (unpaired) electrons. The zero-order valence-electron chi connectivity index (χ0n) is 17.1. The largest absolute Gasteiger partial charge is 0.432 e. The van der Waals surface area contributed by atoms with Crippen LogP contribution in [0.1, 0.15) is 19.3 Å². The van der Waals surface area contributed by atoms with Gasteiger partial charge in [0.1, 0.15) is 4.70 Å². The Morgan fingerprint density at radius 1 is 1.15 bits per heavy atom. The van der Waals surface area contributed by atoms with Crippen molar-refractivity contribution in [3.63, 3.8) is 0 Å². The first-order valence-corrected chi connectivity index (χ1v) is 10.9. The first-order chi connectivity index (χ1) is 16.0. The van der Waals surface area contributed by atoms with Gasteiger partial charge in [-0.25, -0.2) is 19.9 Å². The van der Waals surface area contributed by atoms with Gasteiger partial charge in [0.2, 0.25) is 5.95 Å². The van der Waals surface area contributed by atoms with Crippen LogP contribution < -0.4 is 15.6 Å². The molecule has 1 saturated carbocycles. The summed E-state index contributed by atoms with van der Waals surface area (Å²) in [6, 6.07) is 5.45. The number of anilines is 1. The van der Waals surface area contributed by atoms with Crippen LogP contribution in [0.3, 0.4) is 0 Å². The van der Waals surface area contributed by atoms with Gasteiger partial charge in [-0.2, -0.15) is 18.6 Å². The smallest absolute Gasteiger partial charge is 0.387 e. The molecule has 0 spiro atoms. The molecule has 0 aliphatic heterocycles. The van der Waals surface area contributed by atoms with E-state index in [1.54, 1.807) is 24.5 Å². The highest BCUT2D eigenvalue weighted by molar-refractivity contribution is 7.17. The van der Waals surface area contributed by atoms with E-state index in [0.29, 0.717) is 28.6 Å². The number of fused-ring (bicyclic) bond motifs is 1. The maximum absolute atomic E-state index is 12.6. The number of nitrogens with zero attached hydrogens (tertiary/aromatic N) is 6. The van der Waals surface area contributed by atoms with E-state index in [1.165, 1.54) is 28.4 Å². The predicted molar refractivity (Wildman–Crippen MR) is 120 cm³/mol. The molecule has 12 heteroatoms. The number of hydrogen-bond acceptors (Lipinski definition) is 9. The summed E-state index contributed by atoms with van der Waals surface area (Å²) >= 11 is 1.38. The van der Waals surface area contributed by atoms with Crippen molar-refractivity contribution in [3.05, 3.63) is 58.7 Å². The molecule has 4 aromatic rings. The Kier molecular flexibility index (Phi) is 5.73. The van der Waals surface area contributed by atoms with E-state index in [-0.39, 0.29) is 17.4 Å². The van der Waals surface area contributed by atoms with Crippen LogP contribution in [0.2, 0.25) is 0 Å². The van der Waals surface area contributed by atoms with Gasteiger partial charge in [-0.1, -0.05) is 0 Å². The molecule has 0 aromatic carbocycles. The molecule has 4 heterocycles. The van der Waals surface area contributed by atoms with Gasteiger partial charge in [-0.15, -0.1) is 11.3 Å². The van der Waals surface area contributed by atoms with Crippen LogP contribution in [-0.4, -0.2) is 43.1 Å². The van der Waals surface area contributed by atoms with Crippen molar-refractivity contribution in [2.75, 3.05) is 5.32 Å². The number of aliphatic imine (C=N–C) groups is 1. The second kappa shape index (κ2) is 8.98. The first kappa shape index (κ1) is 21.1. The van der Waals surface area contributed by atoms with Gasteiger partial charge in [0.15, 0.2) is 11.6 Å². The number of ether oxygens (including phenoxy) is 1. The normalized spacial score (nSPS) is 17.2. The average molecular weight is 469 g/mol. The van der Waals surface area contributed by atoms with Crippen molar-refractivity contribution in [1.82, 2.24) is 24.7 Å². The number of thiophene rings is 1. The topological polar surface area (TPSA) is 107 Å². The van der Waals surface area contributed by atoms with Crippen LogP contribution >= 0.6 is 11.3 Å². The number of hydrogen-bond donors (Lipinski definition) is 1. The highest BCUT2D eigenvalue weighted by Crippen LogP contribution is 2.23. The number of aromatic nitrogens is 5. The molecule has 1 N–H and O–H groups in total. The van der Waals surface area contributed by atoms with E-state index >= 15 is 0 Å². The number of alkyl halides is 2. The Morgan fingerprint density at radius 3 is 2.76 bits per heavy atom. The van der Waals surface area contributed by atoms with E-state index in [2.05, 4.69) is 35.1 Å². The van der Waals surface area contributed by atoms with Gasteiger partial charge in [-0.05, 0) is 36.4 Å². The van der Waals surface area contributed by atoms with Crippen molar-refractivity contribution >= 4 is 38.9 Å². The van der Waals surface area contributed by atoms with Crippen molar-refractivity contribution in [2.45, 2.75) is 31.9 Å². The quantitative estimate of drug-likeness (QED) is 0.455. The highest BCUT2D eigenvalue weighted by Gasteiger charge is 2.21. The molecule has 1 aliphatic rings. The molecule has 0 bridgehead atoms. The number of halogens is 2. The maximum atomic E-state index is 12.6. The van der Waals surface area contributed by atoms with Gasteiger partial charge in [0.05, 0.1) is 30.5 Å². The summed E-state index contributed by atoms with van der Waals surface area (Å²) in [6.07, 6.45) is 7.93. The lowest BCUT2D eigenvalue weighted by atomic mass is 10.2. The monoisotopic (exact) mass is 469 g/mol. The summed E-state index contributed by atoms with van der Waals surface area (Å²) < 4.78 is 30.7. The van der Waals surface area contributed by atoms with Gasteiger partial charge < -0.3 is 10.1 Å². The molecule has 1 fully saturated rings. The fourth-order valence-electron chi connectivity index (χ4n) is 3.57. The van der Waals surface area contributed by atoms with Crippen molar-refractivity contribution < 1.29 is 13.5 Å². The number of nitrogens with one attached hydrogen (secondary N) is 1. The number of pyridine rings is 1. The molecule has 33 heavy (non-hydrogen) atoms. The molecule has 1 aliphatic carbocycles. The standard InChI is InChI=1S/C21H17F2N7O2S/c22-20(23)32-16-10-25-21(26-11-16)29-14-2-1-13(7-14)28-17-4-3-15(9-24-17)30-19(31)18-12(8-27-30)5-6-33-18/h3-6,8-11,14,20H,1-2,7H2,(H,25,26,29)/t14-/m0/s1. The third-order valence-electron chi connectivity index (χ3n) is 5.09. The molecule has 5 rings (SSSR count). The van der Waals surface area contributed by atoms with Crippen molar-refractivity contribution in [3.8, 4) is 11.4 Å². The molecule has 4 aromatic heterocycles. The predicted octanol–water partition coefficient (Wildman–Crippen LogP) is 3.97. The summed E-state index contributed by atoms with van der Waals surface area (Å²) in [5.41, 5.74) is 1.37. The van der Waals surface area contributed by atoms with E-state index in [4.69, 9.17) is 0 Å². The fourth-order valence-corrected chi connectivity index (χ4v) is 4.36. The lowest BCUT2D eigenvalue weighted by molar-refractivity contribution is -0.0503. The Hall–Kier alpha value is -3.80. The van der Waals surface area contributed by atoms with Gasteiger partial charge in [-0.3, -0.25) is 4.79 Å². The zero-order valence-corrected chi connectivity index (χ0v) is 17.9. The van der Waals surface area contributed by atoms with E-state index in [0.717, 1.165) is 23.9 Å². The minimum absolute atomic E-state index is 0.0743. The minimum Gasteiger partial charge on any atom is -0.432 e. The molecule has 0 unspecified atom stereocenters. The lowest BCUT2D eigenvalue weighted by Crippen LogP contribution is -2.20. The second-order valence-corrected chi connectivity index (χ2v) is 8.24. The van der Waals surface area contributed by atoms with Crippen LogP contribution in [0.15, 0.2) is 58.2 Å². The maximum Gasteiger partial charge on any atom is 0.387 e. The van der Waals surface area contributed by atoms with Gasteiger partial charge >= 0.3 is 6.61 Å².